The first kappa shape index (κ1) is 17.9. The summed E-state index contributed by atoms with van der Waals surface area (Å²) < 4.78 is 5.27. The minimum atomic E-state index is -0.475. The highest BCUT2D eigenvalue weighted by atomic mass is 16.6. The van der Waals surface area contributed by atoms with E-state index in [4.69, 9.17) is 4.74 Å². The highest BCUT2D eigenvalue weighted by Crippen LogP contribution is 2.19. The monoisotopic (exact) mass is 345 g/mol. The van der Waals surface area contributed by atoms with Crippen LogP contribution in [0.1, 0.15) is 37.6 Å². The lowest BCUT2D eigenvalue weighted by Crippen LogP contribution is -2.22. The molecule has 0 saturated carbocycles. The summed E-state index contributed by atoms with van der Waals surface area (Å²) >= 11 is 0. The van der Waals surface area contributed by atoms with Gasteiger partial charge in [-0.15, -0.1) is 0 Å². The van der Waals surface area contributed by atoms with Crippen molar-refractivity contribution in [2.45, 2.75) is 32.8 Å². The molecule has 0 unspecified atom stereocenters. The number of pyridine rings is 1. The molecule has 0 radical (unpaired) electrons. The van der Waals surface area contributed by atoms with E-state index < -0.39 is 5.60 Å². The molecule has 3 aromatic rings. The number of carbonyl (C=O) groups excluding carboxylic acids is 1. The molecule has 1 aromatic heterocycles. The Balaban J connectivity index is 1.71. The fraction of sp³-hybridized carbons (Fsp3) is 0.217. The standard InChI is InChI=1S/C23H23NO2/c1-23(2,3)26-22(25)13-12-17-8-10-18(11-9-17)16-21-20-7-5-4-6-19(20)14-15-24-21/h4-15H,16H2,1-3H3. The van der Waals surface area contributed by atoms with E-state index in [-0.39, 0.29) is 5.97 Å². The fourth-order valence-electron chi connectivity index (χ4n) is 2.76. The third-order valence-corrected chi connectivity index (χ3v) is 3.93. The molecule has 0 amide bonds. The van der Waals surface area contributed by atoms with Crippen molar-refractivity contribution in [3.8, 4) is 0 Å². The molecule has 1 heterocycles. The summed E-state index contributed by atoms with van der Waals surface area (Å²) in [5.74, 6) is -0.332. The van der Waals surface area contributed by atoms with Crippen LogP contribution in [0.3, 0.4) is 0 Å². The molecular weight excluding hydrogens is 322 g/mol. The third kappa shape index (κ3) is 4.79. The number of hydrogen-bond acceptors (Lipinski definition) is 3. The van der Waals surface area contributed by atoms with Gasteiger partial charge >= 0.3 is 5.97 Å². The molecule has 0 aliphatic rings. The van der Waals surface area contributed by atoms with Gasteiger partial charge in [0.25, 0.3) is 0 Å². The van der Waals surface area contributed by atoms with Crippen molar-refractivity contribution in [3.05, 3.63) is 83.7 Å². The molecule has 0 atom stereocenters. The van der Waals surface area contributed by atoms with E-state index in [9.17, 15) is 4.79 Å². The molecule has 0 spiro atoms. The van der Waals surface area contributed by atoms with Gasteiger partial charge in [-0.05, 0) is 49.4 Å². The van der Waals surface area contributed by atoms with Crippen LogP contribution in [-0.4, -0.2) is 16.6 Å². The summed E-state index contributed by atoms with van der Waals surface area (Å²) in [6.45, 7) is 5.57. The van der Waals surface area contributed by atoms with Crippen molar-refractivity contribution < 1.29 is 9.53 Å². The quantitative estimate of drug-likeness (QED) is 0.483. The largest absolute Gasteiger partial charge is 0.457 e. The predicted molar refractivity (Wildman–Crippen MR) is 106 cm³/mol. The van der Waals surface area contributed by atoms with E-state index in [0.29, 0.717) is 0 Å². The van der Waals surface area contributed by atoms with Crippen LogP contribution in [0.15, 0.2) is 66.9 Å². The van der Waals surface area contributed by atoms with Gasteiger partial charge in [-0.3, -0.25) is 4.98 Å². The lowest BCUT2D eigenvalue weighted by molar-refractivity contribution is -0.148. The first-order valence-corrected chi connectivity index (χ1v) is 8.73. The van der Waals surface area contributed by atoms with Gasteiger partial charge in [0.1, 0.15) is 5.60 Å². The molecule has 26 heavy (non-hydrogen) atoms. The molecule has 132 valence electrons. The van der Waals surface area contributed by atoms with Gasteiger partial charge in [-0.25, -0.2) is 4.79 Å². The highest BCUT2D eigenvalue weighted by Gasteiger charge is 2.13. The Hall–Kier alpha value is -2.94. The van der Waals surface area contributed by atoms with Crippen LogP contribution in [0.2, 0.25) is 0 Å². The number of fused-ring (bicyclic) bond motifs is 1. The summed E-state index contributed by atoms with van der Waals surface area (Å²) in [6, 6.07) is 18.5. The summed E-state index contributed by atoms with van der Waals surface area (Å²) in [5.41, 5.74) is 2.74. The first-order chi connectivity index (χ1) is 12.4. The van der Waals surface area contributed by atoms with Crippen LogP contribution in [0, 0.1) is 0 Å². The van der Waals surface area contributed by atoms with Gasteiger partial charge in [0, 0.05) is 24.1 Å². The maximum atomic E-state index is 11.7. The Morgan fingerprint density at radius 3 is 2.50 bits per heavy atom. The minimum absolute atomic E-state index is 0.332. The van der Waals surface area contributed by atoms with Crippen LogP contribution in [0.4, 0.5) is 0 Å². The zero-order valence-corrected chi connectivity index (χ0v) is 15.4. The average Bonchev–Trinajstić information content (AvgIpc) is 2.60. The van der Waals surface area contributed by atoms with Crippen LogP contribution < -0.4 is 0 Å². The Kier molecular flexibility index (Phi) is 5.17. The lowest BCUT2D eigenvalue weighted by atomic mass is 10.0. The second kappa shape index (κ2) is 7.52. The summed E-state index contributed by atoms with van der Waals surface area (Å²) in [7, 11) is 0. The Labute approximate surface area is 154 Å². The number of carbonyl (C=O) groups is 1. The molecule has 0 bridgehead atoms. The molecule has 0 fully saturated rings. The zero-order chi connectivity index (χ0) is 18.6. The minimum Gasteiger partial charge on any atom is -0.457 e. The number of rotatable bonds is 4. The summed E-state index contributed by atoms with van der Waals surface area (Å²) in [6.07, 6.45) is 5.87. The maximum Gasteiger partial charge on any atom is 0.331 e. The second-order valence-corrected chi connectivity index (χ2v) is 7.26. The first-order valence-electron chi connectivity index (χ1n) is 8.73. The zero-order valence-electron chi connectivity index (χ0n) is 15.4. The van der Waals surface area contributed by atoms with E-state index in [1.165, 1.54) is 22.4 Å². The van der Waals surface area contributed by atoms with E-state index in [0.717, 1.165) is 17.7 Å². The Morgan fingerprint density at radius 2 is 1.77 bits per heavy atom. The van der Waals surface area contributed by atoms with E-state index >= 15 is 0 Å². The van der Waals surface area contributed by atoms with E-state index in [1.807, 2.05) is 57.3 Å². The molecule has 2 aromatic carbocycles. The number of benzene rings is 2. The van der Waals surface area contributed by atoms with Crippen LogP contribution >= 0.6 is 0 Å². The molecule has 0 aliphatic carbocycles. The van der Waals surface area contributed by atoms with Crippen LogP contribution in [0.5, 0.6) is 0 Å². The van der Waals surface area contributed by atoms with Gasteiger partial charge in [0.15, 0.2) is 0 Å². The van der Waals surface area contributed by atoms with Crippen molar-refractivity contribution in [2.24, 2.45) is 0 Å². The molecule has 0 N–H and O–H groups in total. The van der Waals surface area contributed by atoms with Crippen LogP contribution in [-0.2, 0) is 16.0 Å². The van der Waals surface area contributed by atoms with Crippen LogP contribution in [0.25, 0.3) is 16.8 Å². The van der Waals surface area contributed by atoms with Crippen molar-refractivity contribution in [1.29, 1.82) is 0 Å². The number of ether oxygens (including phenoxy) is 1. The molecule has 3 rings (SSSR count). The van der Waals surface area contributed by atoms with Crippen molar-refractivity contribution in [3.63, 3.8) is 0 Å². The third-order valence-electron chi connectivity index (χ3n) is 3.93. The van der Waals surface area contributed by atoms with Gasteiger partial charge in [0.05, 0.1) is 5.69 Å². The van der Waals surface area contributed by atoms with Crippen molar-refractivity contribution in [1.82, 2.24) is 4.98 Å². The Morgan fingerprint density at radius 1 is 1.04 bits per heavy atom. The predicted octanol–water partition coefficient (Wildman–Crippen LogP) is 5.18. The van der Waals surface area contributed by atoms with E-state index in [1.54, 1.807) is 6.08 Å². The topological polar surface area (TPSA) is 39.2 Å². The normalized spacial score (nSPS) is 11.8. The molecule has 3 heteroatoms. The summed E-state index contributed by atoms with van der Waals surface area (Å²) in [5, 5.41) is 2.39. The van der Waals surface area contributed by atoms with Gasteiger partial charge in [-0.2, -0.15) is 0 Å². The SMILES string of the molecule is CC(C)(C)OC(=O)C=Cc1ccc(Cc2nccc3ccccc23)cc1. The number of hydrogen-bond donors (Lipinski definition) is 0. The number of esters is 1. The average molecular weight is 345 g/mol. The molecule has 0 saturated heterocycles. The Bertz CT molecular complexity index is 929. The number of aromatic nitrogens is 1. The maximum absolute atomic E-state index is 11.7. The second-order valence-electron chi connectivity index (χ2n) is 7.26. The van der Waals surface area contributed by atoms with Crippen molar-refractivity contribution >= 4 is 22.8 Å². The molecule has 3 nitrogen and oxygen atoms in total. The van der Waals surface area contributed by atoms with Crippen molar-refractivity contribution in [2.75, 3.05) is 0 Å². The van der Waals surface area contributed by atoms with E-state index in [2.05, 4.69) is 29.2 Å². The van der Waals surface area contributed by atoms with Gasteiger partial charge in [-0.1, -0.05) is 48.5 Å². The molecule has 0 aliphatic heterocycles. The smallest absolute Gasteiger partial charge is 0.331 e. The van der Waals surface area contributed by atoms with Gasteiger partial charge in [0.2, 0.25) is 0 Å². The van der Waals surface area contributed by atoms with Gasteiger partial charge < -0.3 is 4.74 Å². The highest BCUT2D eigenvalue weighted by molar-refractivity contribution is 5.87. The lowest BCUT2D eigenvalue weighted by Gasteiger charge is -2.17. The molecular formula is C23H23NO2. The summed E-state index contributed by atoms with van der Waals surface area (Å²) in [4.78, 5) is 16.3. The number of nitrogens with zero attached hydrogens (tertiary/aromatic N) is 1. The fourth-order valence-corrected chi connectivity index (χ4v) is 2.76.